The molecule has 6 nitrogen and oxygen atoms in total. The number of hydrogen-bond acceptors (Lipinski definition) is 3. The lowest BCUT2D eigenvalue weighted by atomic mass is 9.93. The molecule has 2 amide bonds. The van der Waals surface area contributed by atoms with E-state index in [0.29, 0.717) is 23.0 Å². The van der Waals surface area contributed by atoms with E-state index in [4.69, 9.17) is 0 Å². The largest absolute Gasteiger partial charge is 0.478 e. The maximum absolute atomic E-state index is 12.8. The van der Waals surface area contributed by atoms with Crippen LogP contribution in [0.3, 0.4) is 0 Å². The van der Waals surface area contributed by atoms with Gasteiger partial charge in [-0.05, 0) is 54.3 Å². The fourth-order valence-electron chi connectivity index (χ4n) is 4.50. The Kier molecular flexibility index (Phi) is 6.93. The Bertz CT molecular complexity index is 1120. The predicted molar refractivity (Wildman–Crippen MR) is 133 cm³/mol. The van der Waals surface area contributed by atoms with E-state index in [2.05, 4.69) is 22.6 Å². The Hall–Kier alpha value is -3.80. The van der Waals surface area contributed by atoms with Gasteiger partial charge >= 0.3 is 12.0 Å². The number of carbonyl (C=O) groups excluding carboxylic acids is 1. The van der Waals surface area contributed by atoms with Crippen LogP contribution in [0.25, 0.3) is 11.1 Å². The van der Waals surface area contributed by atoms with Crippen molar-refractivity contribution in [2.75, 3.05) is 22.6 Å². The number of hydrogen-bond donors (Lipinski definition) is 3. The quantitative estimate of drug-likeness (QED) is 0.408. The van der Waals surface area contributed by atoms with Gasteiger partial charge in [-0.3, -0.25) is 0 Å². The zero-order valence-electron chi connectivity index (χ0n) is 18.8. The van der Waals surface area contributed by atoms with Crippen molar-refractivity contribution in [2.24, 2.45) is 0 Å². The molecule has 0 radical (unpaired) electrons. The van der Waals surface area contributed by atoms with Crippen LogP contribution in [0.1, 0.15) is 42.5 Å². The molecule has 170 valence electrons. The molecule has 33 heavy (non-hydrogen) atoms. The second kappa shape index (κ2) is 10.2. The van der Waals surface area contributed by atoms with E-state index in [1.165, 1.54) is 19.3 Å². The lowest BCUT2D eigenvalue weighted by molar-refractivity contribution is 0.0697. The van der Waals surface area contributed by atoms with E-state index in [-0.39, 0.29) is 11.6 Å². The second-order valence-electron chi connectivity index (χ2n) is 8.43. The van der Waals surface area contributed by atoms with Crippen LogP contribution in [0.2, 0.25) is 0 Å². The third-order valence-electron chi connectivity index (χ3n) is 6.25. The molecule has 1 aliphatic carbocycles. The number of urea groups is 1. The number of nitrogens with zero attached hydrogens (tertiary/aromatic N) is 1. The number of carbonyl (C=O) groups is 2. The smallest absolute Gasteiger partial charge is 0.336 e. The van der Waals surface area contributed by atoms with Crippen LogP contribution in [0.5, 0.6) is 0 Å². The summed E-state index contributed by atoms with van der Waals surface area (Å²) in [5.41, 5.74) is 3.85. The van der Waals surface area contributed by atoms with Crippen LogP contribution in [0.4, 0.5) is 21.9 Å². The van der Waals surface area contributed by atoms with Crippen LogP contribution in [0.15, 0.2) is 72.8 Å². The van der Waals surface area contributed by atoms with Gasteiger partial charge in [-0.15, -0.1) is 0 Å². The molecule has 1 aliphatic rings. The molecule has 0 bridgehead atoms. The lowest BCUT2D eigenvalue weighted by Crippen LogP contribution is -2.34. The van der Waals surface area contributed by atoms with E-state index in [0.717, 1.165) is 24.1 Å². The molecule has 3 aromatic carbocycles. The number of benzene rings is 3. The Labute approximate surface area is 194 Å². The number of carboxylic acids is 1. The molecule has 1 fully saturated rings. The van der Waals surface area contributed by atoms with Crippen LogP contribution in [0, 0.1) is 0 Å². The Morgan fingerprint density at radius 3 is 2.30 bits per heavy atom. The fraction of sp³-hybridized carbons (Fsp3) is 0.259. The summed E-state index contributed by atoms with van der Waals surface area (Å²) in [5.74, 6) is -0.981. The predicted octanol–water partition coefficient (Wildman–Crippen LogP) is 6.46. The van der Waals surface area contributed by atoms with E-state index in [9.17, 15) is 14.7 Å². The maximum atomic E-state index is 12.8. The number of anilines is 3. The van der Waals surface area contributed by atoms with Crippen molar-refractivity contribution in [2.45, 2.75) is 38.1 Å². The summed E-state index contributed by atoms with van der Waals surface area (Å²) in [4.78, 5) is 26.8. The number of rotatable bonds is 6. The summed E-state index contributed by atoms with van der Waals surface area (Å²) in [7, 11) is 2.07. The van der Waals surface area contributed by atoms with E-state index in [1.807, 2.05) is 54.6 Å². The van der Waals surface area contributed by atoms with Crippen LogP contribution < -0.4 is 15.5 Å². The summed E-state index contributed by atoms with van der Waals surface area (Å²) in [5, 5.41) is 15.5. The van der Waals surface area contributed by atoms with Crippen molar-refractivity contribution in [3.63, 3.8) is 0 Å². The molecule has 6 heteroatoms. The summed E-state index contributed by atoms with van der Waals surface area (Å²) in [6.07, 6.45) is 5.91. The highest BCUT2D eigenvalue weighted by molar-refractivity contribution is 6.03. The molecule has 3 N–H and O–H groups in total. The van der Waals surface area contributed by atoms with Crippen LogP contribution >= 0.6 is 0 Å². The Balaban J connectivity index is 1.69. The van der Waals surface area contributed by atoms with Crippen molar-refractivity contribution >= 4 is 29.1 Å². The first-order valence-electron chi connectivity index (χ1n) is 11.4. The topological polar surface area (TPSA) is 81.7 Å². The molecule has 0 aliphatic heterocycles. The third-order valence-corrected chi connectivity index (χ3v) is 6.25. The van der Waals surface area contributed by atoms with E-state index >= 15 is 0 Å². The van der Waals surface area contributed by atoms with Gasteiger partial charge < -0.3 is 20.6 Å². The SMILES string of the molecule is CN(c1ccc(-c2ccccc2C(=O)O)cc1NC(=O)Nc1ccccc1)C1CCCCC1. The minimum absolute atomic E-state index is 0.227. The monoisotopic (exact) mass is 443 g/mol. The molecule has 1 saturated carbocycles. The van der Waals surface area contributed by atoms with Gasteiger partial charge in [0, 0.05) is 18.8 Å². The zero-order valence-corrected chi connectivity index (χ0v) is 18.8. The summed E-state index contributed by atoms with van der Waals surface area (Å²) in [6.45, 7) is 0. The van der Waals surface area contributed by atoms with Gasteiger partial charge in [-0.25, -0.2) is 9.59 Å². The summed E-state index contributed by atoms with van der Waals surface area (Å²) >= 11 is 0. The molecule has 4 rings (SSSR count). The minimum Gasteiger partial charge on any atom is -0.478 e. The second-order valence-corrected chi connectivity index (χ2v) is 8.43. The van der Waals surface area contributed by atoms with Gasteiger partial charge in [0.25, 0.3) is 0 Å². The van der Waals surface area contributed by atoms with Crippen molar-refractivity contribution in [1.29, 1.82) is 0 Å². The molecule has 0 atom stereocenters. The van der Waals surface area contributed by atoms with Crippen molar-refractivity contribution in [3.05, 3.63) is 78.4 Å². The first kappa shape index (κ1) is 22.4. The first-order chi connectivity index (χ1) is 16.0. The number of carboxylic acid groups (broad SMARTS) is 1. The molecular weight excluding hydrogens is 414 g/mol. The van der Waals surface area contributed by atoms with Crippen molar-refractivity contribution in [1.82, 2.24) is 0 Å². The van der Waals surface area contributed by atoms with Gasteiger partial charge in [0.1, 0.15) is 0 Å². The average molecular weight is 444 g/mol. The molecule has 3 aromatic rings. The van der Waals surface area contributed by atoms with Gasteiger partial charge in [0.15, 0.2) is 0 Å². The number of amides is 2. The summed E-state index contributed by atoms with van der Waals surface area (Å²) in [6, 6.07) is 22.0. The van der Waals surface area contributed by atoms with Crippen molar-refractivity contribution < 1.29 is 14.7 Å². The van der Waals surface area contributed by atoms with Crippen LogP contribution in [-0.4, -0.2) is 30.2 Å². The number of aromatic carboxylic acids is 1. The molecule has 0 unspecified atom stereocenters. The lowest BCUT2D eigenvalue weighted by Gasteiger charge is -2.34. The maximum Gasteiger partial charge on any atom is 0.336 e. The Morgan fingerprint density at radius 1 is 0.879 bits per heavy atom. The highest BCUT2D eigenvalue weighted by Gasteiger charge is 2.22. The molecule has 0 saturated heterocycles. The van der Waals surface area contributed by atoms with Gasteiger partial charge in [0.2, 0.25) is 0 Å². The fourth-order valence-corrected chi connectivity index (χ4v) is 4.50. The standard InChI is InChI=1S/C27H29N3O3/c1-30(21-12-6-3-7-13-21)25-17-16-19(22-14-8-9-15-23(22)26(31)32)18-24(25)29-27(33)28-20-10-4-2-5-11-20/h2,4-5,8-11,14-18,21H,3,6-7,12-13H2,1H3,(H,31,32)(H2,28,29,33). The van der Waals surface area contributed by atoms with E-state index in [1.54, 1.807) is 18.2 Å². The highest BCUT2D eigenvalue weighted by Crippen LogP contribution is 2.35. The third kappa shape index (κ3) is 5.34. The van der Waals surface area contributed by atoms with Gasteiger partial charge in [-0.1, -0.05) is 61.7 Å². The van der Waals surface area contributed by atoms with Crippen LogP contribution in [-0.2, 0) is 0 Å². The zero-order chi connectivity index (χ0) is 23.2. The molecule has 0 heterocycles. The normalized spacial score (nSPS) is 13.8. The minimum atomic E-state index is -0.981. The van der Waals surface area contributed by atoms with Crippen molar-refractivity contribution in [3.8, 4) is 11.1 Å². The molecule has 0 spiro atoms. The summed E-state index contributed by atoms with van der Waals surface area (Å²) < 4.78 is 0. The van der Waals surface area contributed by atoms with E-state index < -0.39 is 5.97 Å². The Morgan fingerprint density at radius 2 is 1.58 bits per heavy atom. The van der Waals surface area contributed by atoms with Gasteiger partial charge in [0.05, 0.1) is 16.9 Å². The average Bonchev–Trinajstić information content (AvgIpc) is 2.84. The number of nitrogens with one attached hydrogen (secondary N) is 2. The molecule has 0 aromatic heterocycles. The highest BCUT2D eigenvalue weighted by atomic mass is 16.4. The molecular formula is C27H29N3O3. The van der Waals surface area contributed by atoms with Gasteiger partial charge in [-0.2, -0.15) is 0 Å². The number of para-hydroxylation sites is 1. The first-order valence-corrected chi connectivity index (χ1v) is 11.4.